The Morgan fingerprint density at radius 2 is 1.80 bits per heavy atom. The van der Waals surface area contributed by atoms with Crippen molar-refractivity contribution < 1.29 is 19.0 Å². The molecular formula is C20H33NO4. The van der Waals surface area contributed by atoms with Gasteiger partial charge in [0.25, 0.3) is 5.91 Å². The lowest BCUT2D eigenvalue weighted by Gasteiger charge is -2.30. The molecule has 0 spiro atoms. The van der Waals surface area contributed by atoms with Gasteiger partial charge in [-0.15, -0.1) is 0 Å². The van der Waals surface area contributed by atoms with Gasteiger partial charge in [-0.2, -0.15) is 0 Å². The normalized spacial score (nSPS) is 13.5. The van der Waals surface area contributed by atoms with E-state index in [1.165, 1.54) is 0 Å². The van der Waals surface area contributed by atoms with Crippen LogP contribution in [0.5, 0.6) is 5.75 Å². The summed E-state index contributed by atoms with van der Waals surface area (Å²) in [5.74, 6) is 1.01. The number of nitrogens with one attached hydrogen (secondary N) is 1. The van der Waals surface area contributed by atoms with E-state index in [1.54, 1.807) is 0 Å². The van der Waals surface area contributed by atoms with E-state index in [0.29, 0.717) is 38.8 Å². The van der Waals surface area contributed by atoms with Gasteiger partial charge >= 0.3 is 0 Å². The number of hydrogen-bond acceptors (Lipinski definition) is 4. The Morgan fingerprint density at radius 3 is 2.36 bits per heavy atom. The Bertz CT molecular complexity index is 501. The van der Waals surface area contributed by atoms with Gasteiger partial charge in [0, 0.05) is 18.9 Å². The molecule has 25 heavy (non-hydrogen) atoms. The third kappa shape index (κ3) is 7.88. The maximum atomic E-state index is 12.7. The predicted octanol–water partition coefficient (Wildman–Crippen LogP) is 4.27. The Balaban J connectivity index is 2.63. The molecule has 0 fully saturated rings. The molecule has 0 heterocycles. The average molecular weight is 351 g/mol. The Labute approximate surface area is 152 Å². The van der Waals surface area contributed by atoms with Crippen molar-refractivity contribution in [1.29, 1.82) is 0 Å². The van der Waals surface area contributed by atoms with E-state index in [2.05, 4.69) is 19.2 Å². The molecule has 142 valence electrons. The molecule has 5 nitrogen and oxygen atoms in total. The van der Waals surface area contributed by atoms with Crippen LogP contribution in [-0.4, -0.2) is 37.9 Å². The molecule has 0 aromatic heterocycles. The van der Waals surface area contributed by atoms with Crippen LogP contribution >= 0.6 is 0 Å². The first-order chi connectivity index (χ1) is 11.9. The zero-order valence-electron chi connectivity index (χ0n) is 16.3. The zero-order valence-corrected chi connectivity index (χ0v) is 16.3. The molecule has 0 aliphatic heterocycles. The topological polar surface area (TPSA) is 56.8 Å². The number of benzene rings is 1. The maximum absolute atomic E-state index is 12.7. The summed E-state index contributed by atoms with van der Waals surface area (Å²) in [6.45, 7) is 12.4. The van der Waals surface area contributed by atoms with Crippen molar-refractivity contribution in [3.63, 3.8) is 0 Å². The third-order valence-corrected chi connectivity index (χ3v) is 3.72. The largest absolute Gasteiger partial charge is 0.491 e. The monoisotopic (exact) mass is 351 g/mol. The van der Waals surface area contributed by atoms with E-state index < -0.39 is 5.60 Å². The molecule has 1 rings (SSSR count). The summed E-state index contributed by atoms with van der Waals surface area (Å²) in [6.07, 6.45) is 1.56. The highest BCUT2D eigenvalue weighted by atomic mass is 16.5. The summed E-state index contributed by atoms with van der Waals surface area (Å²) in [4.78, 5) is 12.7. The summed E-state index contributed by atoms with van der Waals surface area (Å²) < 4.78 is 16.7. The van der Waals surface area contributed by atoms with Crippen LogP contribution in [0.3, 0.4) is 0 Å². The number of amides is 1. The lowest BCUT2D eigenvalue weighted by molar-refractivity contribution is -0.141. The predicted molar refractivity (Wildman–Crippen MR) is 101 cm³/mol. The van der Waals surface area contributed by atoms with Gasteiger partial charge in [-0.3, -0.25) is 4.79 Å². The number of carbonyl (C=O) groups is 1. The van der Waals surface area contributed by atoms with Crippen LogP contribution in [0.25, 0.3) is 0 Å². The first-order valence-corrected chi connectivity index (χ1v) is 9.17. The summed E-state index contributed by atoms with van der Waals surface area (Å²) in [7, 11) is 0. The van der Waals surface area contributed by atoms with Gasteiger partial charge in [0.2, 0.25) is 0 Å². The van der Waals surface area contributed by atoms with Crippen molar-refractivity contribution in [2.24, 2.45) is 5.92 Å². The van der Waals surface area contributed by atoms with Crippen molar-refractivity contribution in [2.75, 3.05) is 31.7 Å². The summed E-state index contributed by atoms with van der Waals surface area (Å²) in [6, 6.07) is 7.36. The van der Waals surface area contributed by atoms with Crippen LogP contribution in [0.4, 0.5) is 5.69 Å². The van der Waals surface area contributed by atoms with Gasteiger partial charge in [0.1, 0.15) is 18.0 Å². The summed E-state index contributed by atoms with van der Waals surface area (Å²) >= 11 is 0. The van der Waals surface area contributed by atoms with Gasteiger partial charge < -0.3 is 19.5 Å². The first-order valence-electron chi connectivity index (χ1n) is 9.17. The van der Waals surface area contributed by atoms with Crippen LogP contribution in [-0.2, 0) is 14.3 Å². The van der Waals surface area contributed by atoms with Crippen LogP contribution in [0.2, 0.25) is 0 Å². The molecule has 0 radical (unpaired) electrons. The number of carbonyl (C=O) groups excluding carboxylic acids is 1. The number of rotatable bonds is 12. The Hall–Kier alpha value is -1.59. The van der Waals surface area contributed by atoms with Crippen LogP contribution in [0.15, 0.2) is 24.3 Å². The van der Waals surface area contributed by atoms with Crippen LogP contribution in [0.1, 0.15) is 47.5 Å². The van der Waals surface area contributed by atoms with Crippen molar-refractivity contribution >= 4 is 11.6 Å². The fourth-order valence-corrected chi connectivity index (χ4v) is 2.58. The summed E-state index contributed by atoms with van der Waals surface area (Å²) in [5, 5.41) is 2.96. The number of ether oxygens (including phenoxy) is 3. The maximum Gasteiger partial charge on any atom is 0.256 e. The van der Waals surface area contributed by atoms with E-state index in [9.17, 15) is 4.79 Å². The van der Waals surface area contributed by atoms with E-state index in [0.717, 1.165) is 17.9 Å². The smallest absolute Gasteiger partial charge is 0.256 e. The van der Waals surface area contributed by atoms with E-state index >= 15 is 0 Å². The lowest BCUT2D eigenvalue weighted by Crippen LogP contribution is -2.44. The molecular weight excluding hydrogens is 318 g/mol. The highest BCUT2D eigenvalue weighted by Crippen LogP contribution is 2.24. The second kappa shape index (κ2) is 11.1. The molecule has 1 amide bonds. The van der Waals surface area contributed by atoms with Gasteiger partial charge in [0.15, 0.2) is 0 Å². The first kappa shape index (κ1) is 21.5. The Morgan fingerprint density at radius 1 is 1.12 bits per heavy atom. The third-order valence-electron chi connectivity index (χ3n) is 3.72. The van der Waals surface area contributed by atoms with Crippen molar-refractivity contribution in [3.8, 4) is 5.75 Å². The van der Waals surface area contributed by atoms with E-state index in [-0.39, 0.29) is 5.91 Å². The van der Waals surface area contributed by atoms with E-state index in [1.807, 2.05) is 45.0 Å². The minimum absolute atomic E-state index is 0.111. The van der Waals surface area contributed by atoms with Gasteiger partial charge in [-0.05, 0) is 56.9 Å². The zero-order chi connectivity index (χ0) is 18.7. The lowest BCUT2D eigenvalue weighted by atomic mass is 9.93. The standard InChI is InChI=1S/C20H33NO4/c1-6-12-25-20(5,15-16(3)4)19(22)21-17-8-10-18(11-9-17)24-14-13-23-7-2/h8-11,16H,6-7,12-15H2,1-5H3,(H,21,22)/t20-/m0/s1. The SMILES string of the molecule is CCCO[C@@](C)(CC(C)C)C(=O)Nc1ccc(OCCOCC)cc1. The molecule has 0 aliphatic carbocycles. The average Bonchev–Trinajstić information content (AvgIpc) is 2.57. The molecule has 5 heteroatoms. The molecule has 1 N–H and O–H groups in total. The highest BCUT2D eigenvalue weighted by Gasteiger charge is 2.34. The fourth-order valence-electron chi connectivity index (χ4n) is 2.58. The molecule has 0 unspecified atom stereocenters. The van der Waals surface area contributed by atoms with Crippen molar-refractivity contribution in [2.45, 2.75) is 53.1 Å². The fraction of sp³-hybridized carbons (Fsp3) is 0.650. The van der Waals surface area contributed by atoms with Crippen LogP contribution < -0.4 is 10.1 Å². The van der Waals surface area contributed by atoms with Gasteiger partial charge in [-0.1, -0.05) is 20.8 Å². The van der Waals surface area contributed by atoms with E-state index in [4.69, 9.17) is 14.2 Å². The molecule has 0 bridgehead atoms. The van der Waals surface area contributed by atoms with Crippen molar-refractivity contribution in [3.05, 3.63) is 24.3 Å². The number of anilines is 1. The molecule has 0 aliphatic rings. The second-order valence-corrected chi connectivity index (χ2v) is 6.70. The van der Waals surface area contributed by atoms with Gasteiger partial charge in [-0.25, -0.2) is 0 Å². The molecule has 1 aromatic carbocycles. The second-order valence-electron chi connectivity index (χ2n) is 6.70. The van der Waals surface area contributed by atoms with Gasteiger partial charge in [0.05, 0.1) is 6.61 Å². The molecule has 1 aromatic rings. The quantitative estimate of drug-likeness (QED) is 0.571. The molecule has 0 saturated heterocycles. The Kier molecular flexibility index (Phi) is 9.53. The highest BCUT2D eigenvalue weighted by molar-refractivity contribution is 5.97. The van der Waals surface area contributed by atoms with Crippen LogP contribution in [0, 0.1) is 5.92 Å². The molecule has 1 atom stereocenters. The minimum Gasteiger partial charge on any atom is -0.491 e. The van der Waals surface area contributed by atoms with Crippen molar-refractivity contribution in [1.82, 2.24) is 0 Å². The molecule has 0 saturated carbocycles. The summed E-state index contributed by atoms with van der Waals surface area (Å²) in [5.41, 5.74) is -0.0890. The minimum atomic E-state index is -0.823. The number of hydrogen-bond donors (Lipinski definition) is 1.